The van der Waals surface area contributed by atoms with Gasteiger partial charge in [0, 0.05) is 11.5 Å². The predicted octanol–water partition coefficient (Wildman–Crippen LogP) is 3.49. The molecule has 0 saturated heterocycles. The molecule has 6 nitrogen and oxygen atoms in total. The molecule has 3 aromatic rings. The third-order valence-electron chi connectivity index (χ3n) is 2.93. The van der Waals surface area contributed by atoms with Crippen molar-refractivity contribution in [3.05, 3.63) is 41.6 Å². The molecule has 0 radical (unpaired) electrons. The summed E-state index contributed by atoms with van der Waals surface area (Å²) < 4.78 is 15.9. The smallest absolute Gasteiger partial charge is 0.328 e. The molecule has 0 aliphatic rings. The van der Waals surface area contributed by atoms with Crippen LogP contribution in [-0.4, -0.2) is 29.2 Å². The van der Waals surface area contributed by atoms with Crippen LogP contribution < -0.4 is 14.2 Å². The molecule has 0 fully saturated rings. The monoisotopic (exact) mass is 317 g/mol. The van der Waals surface area contributed by atoms with E-state index in [-0.39, 0.29) is 6.01 Å². The van der Waals surface area contributed by atoms with Crippen LogP contribution in [0.3, 0.4) is 0 Å². The number of methoxy groups -OCH3 is 2. The number of fused-ring (bicyclic) bond motifs is 1. The van der Waals surface area contributed by atoms with E-state index in [2.05, 4.69) is 15.0 Å². The van der Waals surface area contributed by atoms with Crippen molar-refractivity contribution < 1.29 is 14.2 Å². The molecule has 0 N–H and O–H groups in total. The van der Waals surface area contributed by atoms with Crippen LogP contribution in [0.25, 0.3) is 10.9 Å². The molecule has 3 rings (SSSR count). The summed E-state index contributed by atoms with van der Waals surface area (Å²) in [6, 6.07) is 10.8. The number of benzene rings is 1. The van der Waals surface area contributed by atoms with Crippen LogP contribution in [0.5, 0.6) is 23.5 Å². The molecule has 0 saturated carbocycles. The summed E-state index contributed by atoms with van der Waals surface area (Å²) in [5.41, 5.74) is 0.722. The number of rotatable bonds is 4. The molecule has 0 atom stereocenters. The van der Waals surface area contributed by atoms with Gasteiger partial charge in [-0.2, -0.15) is 9.97 Å². The number of ether oxygens (including phenoxy) is 3. The van der Waals surface area contributed by atoms with Crippen molar-refractivity contribution >= 4 is 22.5 Å². The number of aromatic nitrogens is 3. The van der Waals surface area contributed by atoms with E-state index in [1.165, 1.54) is 14.2 Å². The van der Waals surface area contributed by atoms with Crippen molar-refractivity contribution in [1.29, 1.82) is 0 Å². The molecule has 0 bridgehead atoms. The summed E-state index contributed by atoms with van der Waals surface area (Å²) in [6.45, 7) is 0. The van der Waals surface area contributed by atoms with Crippen LogP contribution in [-0.2, 0) is 0 Å². The first-order valence-corrected chi connectivity index (χ1v) is 6.77. The SMILES string of the molecule is COc1cc(OC)nc(Oc2cc(Cl)nc3ccccc23)n1. The molecule has 2 heterocycles. The van der Waals surface area contributed by atoms with E-state index in [0.717, 1.165) is 10.9 Å². The molecular weight excluding hydrogens is 306 g/mol. The first kappa shape index (κ1) is 14.3. The highest BCUT2D eigenvalue weighted by atomic mass is 35.5. The van der Waals surface area contributed by atoms with Crippen LogP contribution in [0, 0.1) is 0 Å². The topological polar surface area (TPSA) is 66.4 Å². The average molecular weight is 318 g/mol. The maximum absolute atomic E-state index is 6.03. The second-order valence-corrected chi connectivity index (χ2v) is 4.68. The van der Waals surface area contributed by atoms with E-state index in [0.29, 0.717) is 22.7 Å². The highest BCUT2D eigenvalue weighted by Crippen LogP contribution is 2.31. The minimum Gasteiger partial charge on any atom is -0.481 e. The predicted molar refractivity (Wildman–Crippen MR) is 82.0 cm³/mol. The van der Waals surface area contributed by atoms with Crippen LogP contribution in [0.15, 0.2) is 36.4 Å². The first-order chi connectivity index (χ1) is 10.7. The van der Waals surface area contributed by atoms with Crippen LogP contribution in [0.2, 0.25) is 5.15 Å². The standard InChI is InChI=1S/C15H12ClN3O3/c1-20-13-8-14(21-2)19-15(18-13)22-11-7-12(16)17-10-6-4-3-5-9(10)11/h3-8H,1-2H3. The van der Waals surface area contributed by atoms with Gasteiger partial charge >= 0.3 is 6.01 Å². The van der Waals surface area contributed by atoms with Gasteiger partial charge in [0.2, 0.25) is 11.8 Å². The molecule has 0 aliphatic carbocycles. The van der Waals surface area contributed by atoms with E-state index in [9.17, 15) is 0 Å². The second kappa shape index (κ2) is 6.03. The van der Waals surface area contributed by atoms with Gasteiger partial charge in [-0.1, -0.05) is 23.7 Å². The molecule has 0 aliphatic heterocycles. The Morgan fingerprint density at radius 2 is 1.59 bits per heavy atom. The quantitative estimate of drug-likeness (QED) is 0.686. The number of nitrogens with zero attached hydrogens (tertiary/aromatic N) is 3. The zero-order valence-electron chi connectivity index (χ0n) is 11.9. The number of hydrogen-bond donors (Lipinski definition) is 0. The van der Waals surface area contributed by atoms with Crippen molar-refractivity contribution in [3.8, 4) is 23.5 Å². The first-order valence-electron chi connectivity index (χ1n) is 6.40. The molecule has 0 unspecified atom stereocenters. The maximum Gasteiger partial charge on any atom is 0.328 e. The van der Waals surface area contributed by atoms with Crippen molar-refractivity contribution in [1.82, 2.24) is 15.0 Å². The molecule has 7 heteroatoms. The van der Waals surface area contributed by atoms with Gasteiger partial charge in [0.25, 0.3) is 0 Å². The van der Waals surface area contributed by atoms with E-state index in [1.54, 1.807) is 12.1 Å². The Morgan fingerprint density at radius 1 is 0.909 bits per heavy atom. The van der Waals surface area contributed by atoms with Crippen molar-refractivity contribution in [2.75, 3.05) is 14.2 Å². The Kier molecular flexibility index (Phi) is 3.93. The molecule has 2 aromatic heterocycles. The Hall–Kier alpha value is -2.60. The molecular formula is C15H12ClN3O3. The summed E-state index contributed by atoms with van der Waals surface area (Å²) in [5, 5.41) is 1.13. The summed E-state index contributed by atoms with van der Waals surface area (Å²) in [4.78, 5) is 12.5. The average Bonchev–Trinajstić information content (AvgIpc) is 2.54. The zero-order valence-corrected chi connectivity index (χ0v) is 12.7. The zero-order chi connectivity index (χ0) is 15.5. The van der Waals surface area contributed by atoms with Crippen molar-refractivity contribution in [2.45, 2.75) is 0 Å². The van der Waals surface area contributed by atoms with Crippen molar-refractivity contribution in [3.63, 3.8) is 0 Å². The number of para-hydroxylation sites is 1. The van der Waals surface area contributed by atoms with Gasteiger partial charge in [0.05, 0.1) is 25.8 Å². The van der Waals surface area contributed by atoms with E-state index < -0.39 is 0 Å². The number of halogens is 1. The summed E-state index contributed by atoms with van der Waals surface area (Å²) in [6.07, 6.45) is 0. The lowest BCUT2D eigenvalue weighted by atomic mass is 10.2. The molecule has 112 valence electrons. The maximum atomic E-state index is 6.03. The van der Waals surface area contributed by atoms with Gasteiger partial charge in [-0.3, -0.25) is 0 Å². The third kappa shape index (κ3) is 2.87. The Labute approximate surface area is 131 Å². The highest BCUT2D eigenvalue weighted by Gasteiger charge is 2.11. The van der Waals surface area contributed by atoms with E-state index >= 15 is 0 Å². The molecule has 0 amide bonds. The van der Waals surface area contributed by atoms with Gasteiger partial charge in [0.15, 0.2) is 0 Å². The lowest BCUT2D eigenvalue weighted by molar-refractivity contribution is 0.349. The molecule has 0 spiro atoms. The van der Waals surface area contributed by atoms with Crippen LogP contribution in [0.4, 0.5) is 0 Å². The highest BCUT2D eigenvalue weighted by molar-refractivity contribution is 6.30. The Bertz CT molecular complexity index is 804. The lowest BCUT2D eigenvalue weighted by Crippen LogP contribution is -1.98. The summed E-state index contributed by atoms with van der Waals surface area (Å²) in [7, 11) is 3.01. The third-order valence-corrected chi connectivity index (χ3v) is 3.12. The van der Waals surface area contributed by atoms with E-state index in [1.807, 2.05) is 24.3 Å². The molecule has 1 aromatic carbocycles. The van der Waals surface area contributed by atoms with Gasteiger partial charge < -0.3 is 14.2 Å². The normalized spacial score (nSPS) is 10.5. The second-order valence-electron chi connectivity index (χ2n) is 4.30. The number of pyridine rings is 1. The Balaban J connectivity index is 2.06. The van der Waals surface area contributed by atoms with Gasteiger partial charge in [-0.15, -0.1) is 0 Å². The lowest BCUT2D eigenvalue weighted by Gasteiger charge is -2.09. The van der Waals surface area contributed by atoms with Crippen molar-refractivity contribution in [2.24, 2.45) is 0 Å². The fourth-order valence-corrected chi connectivity index (χ4v) is 2.12. The van der Waals surface area contributed by atoms with Crippen LogP contribution in [0.1, 0.15) is 0 Å². The van der Waals surface area contributed by atoms with E-state index in [4.69, 9.17) is 25.8 Å². The van der Waals surface area contributed by atoms with Gasteiger partial charge in [-0.25, -0.2) is 4.98 Å². The van der Waals surface area contributed by atoms with Gasteiger partial charge in [0.1, 0.15) is 10.9 Å². The minimum atomic E-state index is 0.101. The fraction of sp³-hybridized carbons (Fsp3) is 0.133. The number of hydrogen-bond acceptors (Lipinski definition) is 6. The summed E-state index contributed by atoms with van der Waals surface area (Å²) >= 11 is 6.03. The minimum absolute atomic E-state index is 0.101. The van der Waals surface area contributed by atoms with Gasteiger partial charge in [-0.05, 0) is 12.1 Å². The largest absolute Gasteiger partial charge is 0.481 e. The van der Waals surface area contributed by atoms with Crippen LogP contribution >= 0.6 is 11.6 Å². The Morgan fingerprint density at radius 3 is 2.27 bits per heavy atom. The fourth-order valence-electron chi connectivity index (χ4n) is 1.93. The molecule has 22 heavy (non-hydrogen) atoms. The summed E-state index contributed by atoms with van der Waals surface area (Å²) in [5.74, 6) is 1.18.